The van der Waals surface area contributed by atoms with Gasteiger partial charge in [0.15, 0.2) is 6.40 Å². The van der Waals surface area contributed by atoms with Crippen LogP contribution in [-0.4, -0.2) is 6.40 Å². The van der Waals surface area contributed by atoms with Crippen LogP contribution in [0.4, 0.5) is 5.69 Å². The predicted octanol–water partition coefficient (Wildman–Crippen LogP) is 2.89. The molecule has 0 fully saturated rings. The van der Waals surface area contributed by atoms with Crippen molar-refractivity contribution in [2.75, 3.05) is 0 Å². The highest BCUT2D eigenvalue weighted by molar-refractivity contribution is 6.00. The summed E-state index contributed by atoms with van der Waals surface area (Å²) in [4.78, 5) is 4.16. The second kappa shape index (κ2) is 2.33. The summed E-state index contributed by atoms with van der Waals surface area (Å²) in [5, 5.41) is 2.28. The van der Waals surface area contributed by atoms with Crippen LogP contribution in [0.15, 0.2) is 41.4 Å². The fraction of sp³-hybridized carbons (Fsp3) is 0. The summed E-state index contributed by atoms with van der Waals surface area (Å²) < 4.78 is 5.30. The van der Waals surface area contributed by atoms with E-state index in [4.69, 9.17) is 4.74 Å². The van der Waals surface area contributed by atoms with Gasteiger partial charge in [-0.15, -0.1) is 0 Å². The van der Waals surface area contributed by atoms with E-state index in [9.17, 15) is 0 Å². The Bertz CT molecular complexity index is 497. The summed E-state index contributed by atoms with van der Waals surface area (Å²) in [7, 11) is 0. The molecule has 0 atom stereocenters. The van der Waals surface area contributed by atoms with Crippen LogP contribution in [0.3, 0.4) is 0 Å². The maximum absolute atomic E-state index is 5.30. The van der Waals surface area contributed by atoms with Gasteiger partial charge in [-0.2, -0.15) is 0 Å². The van der Waals surface area contributed by atoms with Gasteiger partial charge in [0.1, 0.15) is 5.75 Å². The third-order valence-electron chi connectivity index (χ3n) is 2.22. The molecule has 2 aromatic carbocycles. The first-order valence-electron chi connectivity index (χ1n) is 4.16. The molecule has 2 heteroatoms. The second-order valence-electron chi connectivity index (χ2n) is 2.98. The van der Waals surface area contributed by atoms with Crippen molar-refractivity contribution in [1.29, 1.82) is 0 Å². The molecule has 0 amide bonds. The molecule has 0 bridgehead atoms. The van der Waals surface area contributed by atoms with E-state index < -0.39 is 0 Å². The maximum Gasteiger partial charge on any atom is 0.181 e. The molecule has 62 valence electrons. The number of nitrogens with zero attached hydrogens (tertiary/aromatic N) is 1. The van der Waals surface area contributed by atoms with E-state index in [1.165, 1.54) is 11.8 Å². The molecule has 2 nitrogen and oxygen atoms in total. The Labute approximate surface area is 75.5 Å². The van der Waals surface area contributed by atoms with Crippen LogP contribution < -0.4 is 4.74 Å². The van der Waals surface area contributed by atoms with Gasteiger partial charge in [-0.3, -0.25) is 0 Å². The molecule has 1 heterocycles. The molecular weight excluding hydrogens is 162 g/mol. The smallest absolute Gasteiger partial charge is 0.181 e. The van der Waals surface area contributed by atoms with Gasteiger partial charge >= 0.3 is 0 Å². The van der Waals surface area contributed by atoms with E-state index in [1.54, 1.807) is 0 Å². The Hall–Kier alpha value is -1.83. The van der Waals surface area contributed by atoms with Crippen molar-refractivity contribution < 1.29 is 4.74 Å². The van der Waals surface area contributed by atoms with Gasteiger partial charge in [-0.1, -0.05) is 24.3 Å². The average molecular weight is 169 g/mol. The second-order valence-corrected chi connectivity index (χ2v) is 2.98. The molecule has 0 aromatic heterocycles. The normalized spacial score (nSPS) is 12.9. The lowest BCUT2D eigenvalue weighted by atomic mass is 10.1. The average Bonchev–Trinajstić information content (AvgIpc) is 2.19. The quantitative estimate of drug-likeness (QED) is 0.594. The maximum atomic E-state index is 5.30. The van der Waals surface area contributed by atoms with Gasteiger partial charge in [0.25, 0.3) is 0 Å². The van der Waals surface area contributed by atoms with Gasteiger partial charge in [0.05, 0.1) is 11.1 Å². The number of hydrogen-bond acceptors (Lipinski definition) is 2. The Morgan fingerprint density at radius 2 is 1.85 bits per heavy atom. The highest BCUT2D eigenvalue weighted by Crippen LogP contribution is 2.35. The van der Waals surface area contributed by atoms with E-state index >= 15 is 0 Å². The van der Waals surface area contributed by atoms with Gasteiger partial charge in [0.2, 0.25) is 0 Å². The standard InChI is InChI=1S/C11H7NO/c1-3-8-4-2-6-10-11(8)9(5-1)12-7-13-10/h1-7H. The molecule has 0 saturated carbocycles. The van der Waals surface area contributed by atoms with Crippen molar-refractivity contribution in [1.82, 2.24) is 0 Å². The van der Waals surface area contributed by atoms with Crippen molar-refractivity contribution in [3.05, 3.63) is 36.4 Å². The monoisotopic (exact) mass is 169 g/mol. The zero-order valence-electron chi connectivity index (χ0n) is 6.90. The van der Waals surface area contributed by atoms with Crippen LogP contribution in [0, 0.1) is 0 Å². The minimum Gasteiger partial charge on any atom is -0.445 e. The lowest BCUT2D eigenvalue weighted by molar-refractivity contribution is 0.577. The molecule has 0 aliphatic carbocycles. The van der Waals surface area contributed by atoms with Gasteiger partial charge in [-0.05, 0) is 17.5 Å². The molecule has 0 N–H and O–H groups in total. The molecule has 3 rings (SSSR count). The van der Waals surface area contributed by atoms with Gasteiger partial charge in [0, 0.05) is 0 Å². The van der Waals surface area contributed by atoms with Crippen LogP contribution in [0.5, 0.6) is 5.75 Å². The number of aliphatic imine (C=N–C) groups is 1. The highest BCUT2D eigenvalue weighted by Gasteiger charge is 2.08. The Morgan fingerprint density at radius 1 is 1.00 bits per heavy atom. The minimum atomic E-state index is 0.892. The molecular formula is C11H7NO. The summed E-state index contributed by atoms with van der Waals surface area (Å²) in [6.45, 7) is 0. The Balaban J connectivity index is 2.56. The third-order valence-corrected chi connectivity index (χ3v) is 2.22. The zero-order chi connectivity index (χ0) is 8.67. The summed E-state index contributed by atoms with van der Waals surface area (Å²) in [6.07, 6.45) is 1.48. The molecule has 0 radical (unpaired) electrons. The van der Waals surface area contributed by atoms with Gasteiger partial charge in [-0.25, -0.2) is 4.99 Å². The summed E-state index contributed by atoms with van der Waals surface area (Å²) in [6, 6.07) is 12.1. The Morgan fingerprint density at radius 3 is 2.77 bits per heavy atom. The number of ether oxygens (including phenoxy) is 1. The van der Waals surface area contributed by atoms with Crippen LogP contribution in [0.25, 0.3) is 10.8 Å². The number of rotatable bonds is 0. The molecule has 13 heavy (non-hydrogen) atoms. The SMILES string of the molecule is C1=Nc2cccc3cccc(c23)O1. The predicted molar refractivity (Wildman–Crippen MR) is 52.7 cm³/mol. The first kappa shape index (κ1) is 6.66. The first-order valence-corrected chi connectivity index (χ1v) is 4.16. The summed E-state index contributed by atoms with van der Waals surface area (Å²) in [5.41, 5.74) is 0.986. The van der Waals surface area contributed by atoms with Crippen LogP contribution >= 0.6 is 0 Å². The van der Waals surface area contributed by atoms with Crippen LogP contribution in [0.1, 0.15) is 0 Å². The molecule has 1 aliphatic rings. The number of benzene rings is 2. The zero-order valence-corrected chi connectivity index (χ0v) is 6.90. The van der Waals surface area contributed by atoms with E-state index in [0.717, 1.165) is 16.8 Å². The van der Waals surface area contributed by atoms with Crippen LogP contribution in [0.2, 0.25) is 0 Å². The fourth-order valence-corrected chi connectivity index (χ4v) is 1.63. The van der Waals surface area contributed by atoms with E-state index in [2.05, 4.69) is 17.1 Å². The topological polar surface area (TPSA) is 21.6 Å². The van der Waals surface area contributed by atoms with Crippen molar-refractivity contribution in [3.63, 3.8) is 0 Å². The van der Waals surface area contributed by atoms with Crippen molar-refractivity contribution in [2.45, 2.75) is 0 Å². The van der Waals surface area contributed by atoms with Gasteiger partial charge < -0.3 is 4.74 Å². The lowest BCUT2D eigenvalue weighted by Gasteiger charge is -2.11. The summed E-state index contributed by atoms with van der Waals surface area (Å²) in [5.74, 6) is 0.892. The van der Waals surface area contributed by atoms with E-state index in [1.807, 2.05) is 24.3 Å². The first-order chi connectivity index (χ1) is 6.45. The Kier molecular flexibility index (Phi) is 1.19. The molecule has 2 aromatic rings. The molecule has 0 unspecified atom stereocenters. The molecule has 0 saturated heterocycles. The van der Waals surface area contributed by atoms with E-state index in [0.29, 0.717) is 0 Å². The third kappa shape index (κ3) is 0.855. The lowest BCUT2D eigenvalue weighted by Crippen LogP contribution is -1.94. The number of hydrogen-bond donors (Lipinski definition) is 0. The van der Waals surface area contributed by atoms with Crippen molar-refractivity contribution in [3.8, 4) is 5.75 Å². The van der Waals surface area contributed by atoms with Crippen molar-refractivity contribution >= 4 is 22.9 Å². The highest BCUT2D eigenvalue weighted by atomic mass is 16.5. The fourth-order valence-electron chi connectivity index (χ4n) is 1.63. The largest absolute Gasteiger partial charge is 0.445 e. The van der Waals surface area contributed by atoms with Crippen LogP contribution in [-0.2, 0) is 0 Å². The van der Waals surface area contributed by atoms with E-state index in [-0.39, 0.29) is 0 Å². The summed E-state index contributed by atoms with van der Waals surface area (Å²) >= 11 is 0. The van der Waals surface area contributed by atoms with Crippen molar-refractivity contribution in [2.24, 2.45) is 4.99 Å². The minimum absolute atomic E-state index is 0.892. The molecule has 0 spiro atoms. The molecule has 1 aliphatic heterocycles.